The maximum Gasteiger partial charge on any atom is 0.342 e. The second-order valence-corrected chi connectivity index (χ2v) is 6.14. The third-order valence-electron chi connectivity index (χ3n) is 4.35. The minimum atomic E-state index is -0.424. The van der Waals surface area contributed by atoms with Gasteiger partial charge in [-0.25, -0.2) is 4.79 Å². The number of benzene rings is 2. The van der Waals surface area contributed by atoms with Gasteiger partial charge >= 0.3 is 5.97 Å². The highest BCUT2D eigenvalue weighted by molar-refractivity contribution is 6.17. The van der Waals surface area contributed by atoms with Crippen LogP contribution in [0.2, 0.25) is 0 Å². The minimum Gasteiger partial charge on any atom is -0.511 e. The number of esters is 1. The van der Waals surface area contributed by atoms with Crippen LogP contribution in [0.5, 0.6) is 0 Å². The van der Waals surface area contributed by atoms with Gasteiger partial charge in [0.05, 0.1) is 0 Å². The molecule has 124 valence electrons. The molecule has 0 fully saturated rings. The Morgan fingerprint density at radius 2 is 1.62 bits per heavy atom. The number of aliphatic hydroxyl groups excluding tert-OH is 1. The van der Waals surface area contributed by atoms with Crippen LogP contribution in [0.4, 0.5) is 0 Å². The molecule has 24 heavy (non-hydrogen) atoms. The van der Waals surface area contributed by atoms with Crippen molar-refractivity contribution in [3.05, 3.63) is 65.9 Å². The quantitative estimate of drug-likeness (QED) is 0.776. The van der Waals surface area contributed by atoms with Crippen LogP contribution in [0.25, 0.3) is 16.7 Å². The van der Waals surface area contributed by atoms with Crippen LogP contribution in [0.3, 0.4) is 0 Å². The van der Waals surface area contributed by atoms with E-state index >= 15 is 0 Å². The summed E-state index contributed by atoms with van der Waals surface area (Å²) < 4.78 is 5.48. The Labute approximate surface area is 142 Å². The summed E-state index contributed by atoms with van der Waals surface area (Å²) in [5.74, 6) is -0.285. The van der Waals surface area contributed by atoms with Crippen LogP contribution < -0.4 is 0 Å². The fraction of sp³-hybridized carbons (Fsp3) is 0.286. The van der Waals surface area contributed by atoms with E-state index in [4.69, 9.17) is 4.74 Å². The normalized spacial score (nSPS) is 17.7. The summed E-state index contributed by atoms with van der Waals surface area (Å²) in [6.45, 7) is 2.10. The first-order valence-corrected chi connectivity index (χ1v) is 8.48. The lowest BCUT2D eigenvalue weighted by atomic mass is 9.95. The molecule has 0 spiro atoms. The maximum atomic E-state index is 12.3. The van der Waals surface area contributed by atoms with Gasteiger partial charge < -0.3 is 9.84 Å². The standard InChI is InChI=1S/C21H22O3/c1-2-3-9-18-14-19(22)20(21(23)24-18)17-12-10-16(11-13-17)15-7-5-4-6-8-15/h4-8,10-13,18,22H,2-3,9,14H2,1H3. The number of aliphatic hydroxyl groups is 1. The van der Waals surface area contributed by atoms with Gasteiger partial charge in [0.15, 0.2) is 0 Å². The molecule has 2 aromatic rings. The zero-order valence-corrected chi connectivity index (χ0v) is 13.9. The second-order valence-electron chi connectivity index (χ2n) is 6.14. The first-order chi connectivity index (χ1) is 11.7. The lowest BCUT2D eigenvalue weighted by molar-refractivity contribution is -0.144. The van der Waals surface area contributed by atoms with Crippen molar-refractivity contribution in [2.75, 3.05) is 0 Å². The third-order valence-corrected chi connectivity index (χ3v) is 4.35. The van der Waals surface area contributed by atoms with Crippen LogP contribution in [-0.2, 0) is 9.53 Å². The summed E-state index contributed by atoms with van der Waals surface area (Å²) in [6, 6.07) is 17.7. The molecular weight excluding hydrogens is 300 g/mol. The summed E-state index contributed by atoms with van der Waals surface area (Å²) in [5.41, 5.74) is 3.19. The molecule has 0 bridgehead atoms. The Balaban J connectivity index is 1.82. The van der Waals surface area contributed by atoms with Crippen molar-refractivity contribution in [1.82, 2.24) is 0 Å². The topological polar surface area (TPSA) is 46.5 Å². The number of ether oxygens (including phenoxy) is 1. The van der Waals surface area contributed by atoms with Crippen molar-refractivity contribution in [3.8, 4) is 11.1 Å². The van der Waals surface area contributed by atoms with Gasteiger partial charge in [-0.2, -0.15) is 0 Å². The van der Waals surface area contributed by atoms with Crippen molar-refractivity contribution in [2.24, 2.45) is 0 Å². The summed E-state index contributed by atoms with van der Waals surface area (Å²) in [4.78, 5) is 12.3. The first kappa shape index (κ1) is 16.3. The lowest BCUT2D eigenvalue weighted by Gasteiger charge is -2.24. The number of unbranched alkanes of at least 4 members (excludes halogenated alkanes) is 1. The smallest absolute Gasteiger partial charge is 0.342 e. The van der Waals surface area contributed by atoms with E-state index in [-0.39, 0.29) is 11.9 Å². The molecule has 0 aliphatic carbocycles. The highest BCUT2D eigenvalue weighted by Gasteiger charge is 2.29. The molecular formula is C21H22O3. The summed E-state index contributed by atoms with van der Waals surface area (Å²) in [5, 5.41) is 10.3. The molecule has 0 saturated heterocycles. The Morgan fingerprint density at radius 1 is 1.00 bits per heavy atom. The molecule has 0 radical (unpaired) electrons. The largest absolute Gasteiger partial charge is 0.511 e. The van der Waals surface area contributed by atoms with Gasteiger partial charge in [0, 0.05) is 6.42 Å². The maximum absolute atomic E-state index is 12.3. The molecule has 0 amide bonds. The van der Waals surface area contributed by atoms with Gasteiger partial charge in [-0.1, -0.05) is 74.4 Å². The lowest BCUT2D eigenvalue weighted by Crippen LogP contribution is -2.26. The van der Waals surface area contributed by atoms with E-state index in [1.165, 1.54) is 0 Å². The van der Waals surface area contributed by atoms with Crippen LogP contribution in [0.1, 0.15) is 38.2 Å². The SMILES string of the molecule is CCCCC1CC(O)=C(c2ccc(-c3ccccc3)cc2)C(=O)O1. The molecule has 1 N–H and O–H groups in total. The number of cyclic esters (lactones) is 1. The Morgan fingerprint density at radius 3 is 2.25 bits per heavy atom. The number of hydrogen-bond donors (Lipinski definition) is 1. The van der Waals surface area contributed by atoms with Crippen LogP contribution in [0, 0.1) is 0 Å². The molecule has 0 aromatic heterocycles. The monoisotopic (exact) mass is 322 g/mol. The Kier molecular flexibility index (Phi) is 4.99. The molecule has 3 heteroatoms. The zero-order valence-electron chi connectivity index (χ0n) is 13.9. The van der Waals surface area contributed by atoms with Crippen molar-refractivity contribution in [3.63, 3.8) is 0 Å². The average Bonchev–Trinajstić information content (AvgIpc) is 2.61. The van der Waals surface area contributed by atoms with E-state index in [0.717, 1.165) is 30.4 Å². The molecule has 1 unspecified atom stereocenters. The predicted octanol–water partition coefficient (Wildman–Crippen LogP) is 5.13. The molecule has 3 rings (SSSR count). The van der Waals surface area contributed by atoms with E-state index in [1.54, 1.807) is 0 Å². The van der Waals surface area contributed by atoms with E-state index < -0.39 is 5.97 Å². The molecule has 1 aliphatic rings. The fourth-order valence-corrected chi connectivity index (χ4v) is 3.02. The van der Waals surface area contributed by atoms with Crippen molar-refractivity contribution in [1.29, 1.82) is 0 Å². The number of rotatable bonds is 5. The van der Waals surface area contributed by atoms with Crippen LogP contribution in [0.15, 0.2) is 60.4 Å². The predicted molar refractivity (Wildman–Crippen MR) is 95.4 cm³/mol. The molecule has 3 nitrogen and oxygen atoms in total. The number of carbonyl (C=O) groups is 1. The average molecular weight is 322 g/mol. The molecule has 1 aliphatic heterocycles. The van der Waals surface area contributed by atoms with Crippen molar-refractivity contribution < 1.29 is 14.6 Å². The van der Waals surface area contributed by atoms with Gasteiger partial charge in [0.2, 0.25) is 0 Å². The van der Waals surface area contributed by atoms with Crippen LogP contribution >= 0.6 is 0 Å². The van der Waals surface area contributed by atoms with E-state index in [1.807, 2.05) is 54.6 Å². The fourth-order valence-electron chi connectivity index (χ4n) is 3.02. The molecule has 1 heterocycles. The summed E-state index contributed by atoms with van der Waals surface area (Å²) in [7, 11) is 0. The second kappa shape index (κ2) is 7.35. The number of hydrogen-bond acceptors (Lipinski definition) is 3. The van der Waals surface area contributed by atoms with E-state index in [2.05, 4.69) is 6.92 Å². The van der Waals surface area contributed by atoms with Gasteiger partial charge in [0.25, 0.3) is 0 Å². The minimum absolute atomic E-state index is 0.139. The zero-order chi connectivity index (χ0) is 16.9. The van der Waals surface area contributed by atoms with Gasteiger partial charge in [-0.3, -0.25) is 0 Å². The molecule has 1 atom stereocenters. The van der Waals surface area contributed by atoms with Gasteiger partial charge in [-0.05, 0) is 23.1 Å². The number of carbonyl (C=O) groups excluding carboxylic acids is 1. The molecule has 0 saturated carbocycles. The van der Waals surface area contributed by atoms with E-state index in [9.17, 15) is 9.90 Å². The highest BCUT2D eigenvalue weighted by atomic mass is 16.5. The van der Waals surface area contributed by atoms with Crippen molar-refractivity contribution in [2.45, 2.75) is 38.7 Å². The van der Waals surface area contributed by atoms with Crippen LogP contribution in [-0.4, -0.2) is 17.2 Å². The molecule has 2 aromatic carbocycles. The van der Waals surface area contributed by atoms with E-state index in [0.29, 0.717) is 17.6 Å². The Hall–Kier alpha value is -2.55. The van der Waals surface area contributed by atoms with Gasteiger partial charge in [0.1, 0.15) is 17.4 Å². The van der Waals surface area contributed by atoms with Crippen molar-refractivity contribution >= 4 is 11.5 Å². The third kappa shape index (κ3) is 3.51. The summed E-state index contributed by atoms with van der Waals surface area (Å²) >= 11 is 0. The van der Waals surface area contributed by atoms with Gasteiger partial charge in [-0.15, -0.1) is 0 Å². The first-order valence-electron chi connectivity index (χ1n) is 8.48. The highest BCUT2D eigenvalue weighted by Crippen LogP contribution is 2.31. The Bertz CT molecular complexity index is 729. The summed E-state index contributed by atoms with van der Waals surface area (Å²) in [6.07, 6.45) is 3.04.